The number of quaternary nitrogens is 1. The van der Waals surface area contributed by atoms with E-state index in [-0.39, 0.29) is 0 Å². The predicted molar refractivity (Wildman–Crippen MR) is 95.8 cm³/mol. The highest BCUT2D eigenvalue weighted by Gasteiger charge is 2.18. The second-order valence-electron chi connectivity index (χ2n) is 6.46. The van der Waals surface area contributed by atoms with Crippen LogP contribution in [-0.2, 0) is 6.42 Å². The van der Waals surface area contributed by atoms with Crippen LogP contribution in [0.5, 0.6) is 11.5 Å². The predicted octanol–water partition coefficient (Wildman–Crippen LogP) is 3.23. The molecule has 0 saturated heterocycles. The van der Waals surface area contributed by atoms with E-state index in [0.717, 1.165) is 43.2 Å². The quantitative estimate of drug-likeness (QED) is 0.680. The van der Waals surface area contributed by atoms with Gasteiger partial charge in [0.25, 0.3) is 0 Å². The Labute approximate surface area is 145 Å². The number of rotatable bonds is 10. The summed E-state index contributed by atoms with van der Waals surface area (Å²) in [6.45, 7) is 6.70. The van der Waals surface area contributed by atoms with Gasteiger partial charge in [-0.15, -0.1) is 0 Å². The molecule has 2 rings (SSSR count). The maximum absolute atomic E-state index is 5.59. The molecule has 0 unspecified atom stereocenters. The third-order valence-electron chi connectivity index (χ3n) is 4.48. The maximum atomic E-state index is 5.59. The van der Waals surface area contributed by atoms with E-state index in [1.165, 1.54) is 5.56 Å². The molecule has 132 valence electrons. The van der Waals surface area contributed by atoms with Crippen LogP contribution in [0.4, 0.5) is 0 Å². The molecule has 1 aromatic heterocycles. The van der Waals surface area contributed by atoms with Crippen molar-refractivity contribution in [1.29, 1.82) is 0 Å². The molecule has 0 spiro atoms. The normalized spacial score (nSPS) is 12.4. The Morgan fingerprint density at radius 1 is 1.04 bits per heavy atom. The number of furan rings is 1. The SMILES string of the molecule is COc1ccc(CC[NH2+]CC[C@@H](c2ccco2)C(C)C)cc1OC. The minimum absolute atomic E-state index is 0.498. The van der Waals surface area contributed by atoms with Gasteiger partial charge < -0.3 is 19.2 Å². The van der Waals surface area contributed by atoms with Gasteiger partial charge in [0, 0.05) is 18.8 Å². The van der Waals surface area contributed by atoms with Gasteiger partial charge in [0.1, 0.15) is 5.76 Å². The Bertz CT molecular complexity index is 593. The molecule has 2 N–H and O–H groups in total. The first kappa shape index (κ1) is 18.4. The molecular weight excluding hydrogens is 302 g/mol. The highest BCUT2D eigenvalue weighted by atomic mass is 16.5. The number of hydrogen-bond acceptors (Lipinski definition) is 3. The van der Waals surface area contributed by atoms with Crippen molar-refractivity contribution in [3.05, 3.63) is 47.9 Å². The lowest BCUT2D eigenvalue weighted by atomic mass is 9.90. The second-order valence-corrected chi connectivity index (χ2v) is 6.46. The van der Waals surface area contributed by atoms with Gasteiger partial charge in [-0.3, -0.25) is 0 Å². The van der Waals surface area contributed by atoms with Crippen LogP contribution >= 0.6 is 0 Å². The van der Waals surface area contributed by atoms with Crippen molar-refractivity contribution in [2.24, 2.45) is 5.92 Å². The molecule has 0 fully saturated rings. The fourth-order valence-electron chi connectivity index (χ4n) is 3.05. The summed E-state index contributed by atoms with van der Waals surface area (Å²) in [6, 6.07) is 10.2. The minimum Gasteiger partial charge on any atom is -0.493 e. The van der Waals surface area contributed by atoms with Crippen molar-refractivity contribution >= 4 is 0 Å². The van der Waals surface area contributed by atoms with Crippen molar-refractivity contribution < 1.29 is 19.2 Å². The summed E-state index contributed by atoms with van der Waals surface area (Å²) in [7, 11) is 3.34. The van der Waals surface area contributed by atoms with Gasteiger partial charge in [0.15, 0.2) is 11.5 Å². The van der Waals surface area contributed by atoms with E-state index in [2.05, 4.69) is 37.4 Å². The summed E-state index contributed by atoms with van der Waals surface area (Å²) < 4.78 is 16.2. The molecule has 0 radical (unpaired) electrons. The molecule has 1 aromatic carbocycles. The van der Waals surface area contributed by atoms with E-state index in [0.29, 0.717) is 11.8 Å². The minimum atomic E-state index is 0.498. The molecule has 4 heteroatoms. The first-order valence-corrected chi connectivity index (χ1v) is 8.71. The Kier molecular flexibility index (Phi) is 7.19. The molecule has 1 atom stereocenters. The van der Waals surface area contributed by atoms with Gasteiger partial charge in [-0.1, -0.05) is 19.9 Å². The fourth-order valence-corrected chi connectivity index (χ4v) is 3.05. The molecule has 0 bridgehead atoms. The number of ether oxygens (including phenoxy) is 2. The highest BCUT2D eigenvalue weighted by Crippen LogP contribution is 2.28. The van der Waals surface area contributed by atoms with Gasteiger partial charge >= 0.3 is 0 Å². The number of hydrogen-bond donors (Lipinski definition) is 1. The van der Waals surface area contributed by atoms with Crippen LogP contribution in [0.2, 0.25) is 0 Å². The van der Waals surface area contributed by atoms with Crippen molar-refractivity contribution in [1.82, 2.24) is 0 Å². The molecule has 4 nitrogen and oxygen atoms in total. The molecule has 0 aliphatic carbocycles. The number of nitrogens with two attached hydrogens (primary N) is 1. The maximum Gasteiger partial charge on any atom is 0.160 e. The Hall–Kier alpha value is -1.94. The molecular formula is C20H30NO3+. The number of methoxy groups -OCH3 is 2. The van der Waals surface area contributed by atoms with Crippen molar-refractivity contribution in [3.63, 3.8) is 0 Å². The van der Waals surface area contributed by atoms with Gasteiger partial charge in [0.05, 0.1) is 33.6 Å². The summed E-state index contributed by atoms with van der Waals surface area (Å²) in [4.78, 5) is 0. The summed E-state index contributed by atoms with van der Waals surface area (Å²) in [5.74, 6) is 3.78. The third kappa shape index (κ3) is 5.03. The number of benzene rings is 1. The van der Waals surface area contributed by atoms with E-state index >= 15 is 0 Å². The summed E-state index contributed by atoms with van der Waals surface area (Å²) in [6.07, 6.45) is 3.93. The van der Waals surface area contributed by atoms with Crippen LogP contribution in [0.15, 0.2) is 41.0 Å². The molecule has 2 aromatic rings. The van der Waals surface area contributed by atoms with E-state index in [4.69, 9.17) is 13.9 Å². The highest BCUT2D eigenvalue weighted by molar-refractivity contribution is 5.42. The molecule has 0 amide bonds. The third-order valence-corrected chi connectivity index (χ3v) is 4.48. The monoisotopic (exact) mass is 332 g/mol. The van der Waals surface area contributed by atoms with Gasteiger partial charge in [0.2, 0.25) is 0 Å². The van der Waals surface area contributed by atoms with Crippen molar-refractivity contribution in [2.45, 2.75) is 32.6 Å². The molecule has 1 heterocycles. The first-order chi connectivity index (χ1) is 11.7. The Morgan fingerprint density at radius 3 is 2.46 bits per heavy atom. The topological polar surface area (TPSA) is 48.2 Å². The van der Waals surface area contributed by atoms with Crippen molar-refractivity contribution in [2.75, 3.05) is 27.3 Å². The van der Waals surface area contributed by atoms with Crippen LogP contribution < -0.4 is 14.8 Å². The largest absolute Gasteiger partial charge is 0.493 e. The van der Waals surface area contributed by atoms with Crippen LogP contribution in [0, 0.1) is 5.92 Å². The molecule has 0 aliphatic heterocycles. The average Bonchev–Trinajstić information content (AvgIpc) is 3.11. The summed E-state index contributed by atoms with van der Waals surface area (Å²) in [5.41, 5.74) is 1.27. The van der Waals surface area contributed by atoms with Gasteiger partial charge in [-0.05, 0) is 35.7 Å². The second kappa shape index (κ2) is 9.38. The smallest absolute Gasteiger partial charge is 0.160 e. The first-order valence-electron chi connectivity index (χ1n) is 8.71. The van der Waals surface area contributed by atoms with Crippen molar-refractivity contribution in [3.8, 4) is 11.5 Å². The van der Waals surface area contributed by atoms with Crippen LogP contribution in [0.1, 0.15) is 37.5 Å². The van der Waals surface area contributed by atoms with Crippen LogP contribution in [0.3, 0.4) is 0 Å². The van der Waals surface area contributed by atoms with E-state index in [9.17, 15) is 0 Å². The fraction of sp³-hybridized carbons (Fsp3) is 0.500. The zero-order valence-corrected chi connectivity index (χ0v) is 15.2. The van der Waals surface area contributed by atoms with Crippen LogP contribution in [0.25, 0.3) is 0 Å². The standard InChI is InChI=1S/C20H29NO3/c1-15(2)17(18-6-5-13-24-18)10-12-21-11-9-16-7-8-19(22-3)20(14-16)23-4/h5-8,13-15,17,21H,9-12H2,1-4H3/p+1/t17-/m1/s1. The van der Waals surface area contributed by atoms with Gasteiger partial charge in [-0.2, -0.15) is 0 Å². The zero-order chi connectivity index (χ0) is 17.4. The molecule has 0 saturated carbocycles. The summed E-state index contributed by atoms with van der Waals surface area (Å²) >= 11 is 0. The summed E-state index contributed by atoms with van der Waals surface area (Å²) in [5, 5.41) is 2.38. The van der Waals surface area contributed by atoms with Crippen LogP contribution in [-0.4, -0.2) is 27.3 Å². The molecule has 24 heavy (non-hydrogen) atoms. The Balaban J connectivity index is 1.76. The lowest BCUT2D eigenvalue weighted by molar-refractivity contribution is -0.655. The Morgan fingerprint density at radius 2 is 1.83 bits per heavy atom. The molecule has 0 aliphatic rings. The average molecular weight is 332 g/mol. The van der Waals surface area contributed by atoms with Gasteiger partial charge in [-0.25, -0.2) is 0 Å². The zero-order valence-electron chi connectivity index (χ0n) is 15.2. The lowest BCUT2D eigenvalue weighted by Crippen LogP contribution is -2.84. The van der Waals surface area contributed by atoms with E-state index in [1.54, 1.807) is 20.5 Å². The van der Waals surface area contributed by atoms with E-state index in [1.807, 2.05) is 12.1 Å². The lowest BCUT2D eigenvalue weighted by Gasteiger charge is -2.17. The van der Waals surface area contributed by atoms with E-state index < -0.39 is 0 Å².